The maximum atomic E-state index is 6.18. The molecule has 1 heterocycles. The van der Waals surface area contributed by atoms with E-state index >= 15 is 0 Å². The zero-order valence-corrected chi connectivity index (χ0v) is 10.4. The molecule has 3 aromatic rings. The molecule has 0 saturated heterocycles. The van der Waals surface area contributed by atoms with Crippen LogP contribution in [0.2, 0.25) is 5.02 Å². The van der Waals surface area contributed by atoms with Crippen LogP contribution in [0.3, 0.4) is 0 Å². The Kier molecular flexibility index (Phi) is 2.50. The molecular weight excluding hydrogens is 252 g/mol. The van der Waals surface area contributed by atoms with Crippen LogP contribution >= 0.6 is 22.9 Å². The maximum absolute atomic E-state index is 6.18. The molecule has 3 rings (SSSR count). The average molecular weight is 261 g/mol. The molecule has 0 bridgehead atoms. The third kappa shape index (κ3) is 1.77. The molecule has 17 heavy (non-hydrogen) atoms. The van der Waals surface area contributed by atoms with E-state index in [9.17, 15) is 0 Å². The van der Waals surface area contributed by atoms with Gasteiger partial charge in [-0.25, -0.2) is 4.98 Å². The molecule has 84 valence electrons. The van der Waals surface area contributed by atoms with Gasteiger partial charge in [-0.1, -0.05) is 53.3 Å². The summed E-state index contributed by atoms with van der Waals surface area (Å²) in [4.78, 5) is 5.15. The van der Waals surface area contributed by atoms with E-state index in [-0.39, 0.29) is 0 Å². The Labute approximate surface area is 108 Å². The van der Waals surface area contributed by atoms with Crippen molar-refractivity contribution in [1.82, 2.24) is 4.98 Å². The van der Waals surface area contributed by atoms with E-state index in [1.54, 1.807) is 6.20 Å². The number of benzene rings is 2. The van der Waals surface area contributed by atoms with Crippen molar-refractivity contribution in [3.63, 3.8) is 0 Å². The summed E-state index contributed by atoms with van der Waals surface area (Å²) in [5, 5.41) is 3.53. The predicted molar refractivity (Wildman–Crippen MR) is 74.5 cm³/mol. The highest BCUT2D eigenvalue weighted by atomic mass is 35.5. The van der Waals surface area contributed by atoms with E-state index in [1.807, 2.05) is 30.3 Å². The Hall–Kier alpha value is -1.58. The number of hydrogen-bond donors (Lipinski definition) is 1. The number of thiazole rings is 1. The van der Waals surface area contributed by atoms with Crippen molar-refractivity contribution in [2.24, 2.45) is 0 Å². The van der Waals surface area contributed by atoms with Gasteiger partial charge in [0.15, 0.2) is 5.13 Å². The Morgan fingerprint density at radius 1 is 1.06 bits per heavy atom. The van der Waals surface area contributed by atoms with Crippen molar-refractivity contribution in [3.05, 3.63) is 47.6 Å². The van der Waals surface area contributed by atoms with Gasteiger partial charge >= 0.3 is 0 Å². The lowest BCUT2D eigenvalue weighted by molar-refractivity contribution is 1.43. The number of anilines is 1. The normalized spacial score (nSPS) is 10.9. The molecule has 0 amide bonds. The first-order valence-corrected chi connectivity index (χ1v) is 6.34. The van der Waals surface area contributed by atoms with E-state index in [4.69, 9.17) is 17.3 Å². The molecule has 2 nitrogen and oxygen atoms in total. The molecule has 0 radical (unpaired) electrons. The fourth-order valence-electron chi connectivity index (χ4n) is 1.89. The van der Waals surface area contributed by atoms with Crippen LogP contribution in [0.5, 0.6) is 0 Å². The number of aromatic nitrogens is 1. The number of nitrogen functional groups attached to an aromatic ring is 1. The number of nitrogens with zero attached hydrogens (tertiary/aromatic N) is 1. The number of nitrogens with two attached hydrogens (primary N) is 1. The molecule has 2 N–H and O–H groups in total. The lowest BCUT2D eigenvalue weighted by Gasteiger charge is -2.05. The van der Waals surface area contributed by atoms with Crippen LogP contribution in [-0.2, 0) is 0 Å². The topological polar surface area (TPSA) is 38.9 Å². The van der Waals surface area contributed by atoms with Gasteiger partial charge in [-0.3, -0.25) is 0 Å². The molecule has 2 aromatic carbocycles. The molecular formula is C13H9ClN2S. The molecule has 0 aliphatic heterocycles. The third-order valence-electron chi connectivity index (χ3n) is 2.66. The van der Waals surface area contributed by atoms with Crippen molar-refractivity contribution in [3.8, 4) is 10.4 Å². The number of rotatable bonds is 1. The average Bonchev–Trinajstić information content (AvgIpc) is 2.77. The van der Waals surface area contributed by atoms with Crippen molar-refractivity contribution in [2.75, 3.05) is 5.73 Å². The molecule has 0 fully saturated rings. The second-order valence-electron chi connectivity index (χ2n) is 3.70. The van der Waals surface area contributed by atoms with Gasteiger partial charge in [-0.05, 0) is 11.5 Å². The van der Waals surface area contributed by atoms with Gasteiger partial charge in [-0.15, -0.1) is 0 Å². The van der Waals surface area contributed by atoms with Crippen molar-refractivity contribution < 1.29 is 0 Å². The van der Waals surface area contributed by atoms with Gasteiger partial charge in [-0.2, -0.15) is 0 Å². The summed E-state index contributed by atoms with van der Waals surface area (Å²) in [5.41, 5.74) is 6.80. The summed E-state index contributed by atoms with van der Waals surface area (Å²) < 4.78 is 0. The lowest BCUT2D eigenvalue weighted by Crippen LogP contribution is -1.79. The summed E-state index contributed by atoms with van der Waals surface area (Å²) in [6.45, 7) is 0. The Balaban J connectivity index is 2.34. The molecule has 0 spiro atoms. The van der Waals surface area contributed by atoms with Gasteiger partial charge in [0.2, 0.25) is 0 Å². The quantitative estimate of drug-likeness (QED) is 0.712. The van der Waals surface area contributed by atoms with Gasteiger partial charge in [0.05, 0.1) is 4.88 Å². The molecule has 0 atom stereocenters. The lowest BCUT2D eigenvalue weighted by atomic mass is 10.0. The zero-order chi connectivity index (χ0) is 11.8. The highest BCUT2D eigenvalue weighted by molar-refractivity contribution is 7.18. The summed E-state index contributed by atoms with van der Waals surface area (Å²) in [6, 6.07) is 12.0. The van der Waals surface area contributed by atoms with Crippen LogP contribution in [0.1, 0.15) is 0 Å². The van der Waals surface area contributed by atoms with Gasteiger partial charge in [0, 0.05) is 22.2 Å². The van der Waals surface area contributed by atoms with Crippen LogP contribution in [0.15, 0.2) is 42.6 Å². The first-order chi connectivity index (χ1) is 8.25. The molecule has 4 heteroatoms. The standard InChI is InChI=1S/C13H9ClN2S/c14-11-6-5-10(12-7-16-13(15)17-12)8-3-1-2-4-9(8)11/h1-7H,(H2,15,16). The van der Waals surface area contributed by atoms with Gasteiger partial charge < -0.3 is 5.73 Å². The minimum Gasteiger partial charge on any atom is -0.375 e. The number of fused-ring (bicyclic) bond motifs is 1. The second-order valence-corrected chi connectivity index (χ2v) is 5.17. The fraction of sp³-hybridized carbons (Fsp3) is 0. The molecule has 0 aliphatic rings. The van der Waals surface area contributed by atoms with E-state index in [2.05, 4.69) is 11.1 Å². The minimum absolute atomic E-state index is 0.582. The predicted octanol–water partition coefficient (Wildman–Crippen LogP) is 4.20. The summed E-state index contributed by atoms with van der Waals surface area (Å²) in [5.74, 6) is 0. The summed E-state index contributed by atoms with van der Waals surface area (Å²) in [6.07, 6.45) is 1.80. The zero-order valence-electron chi connectivity index (χ0n) is 8.85. The van der Waals surface area contributed by atoms with Crippen LogP contribution in [0.4, 0.5) is 5.13 Å². The first kappa shape index (κ1) is 10.6. The SMILES string of the molecule is Nc1ncc(-c2ccc(Cl)c3ccccc23)s1. The van der Waals surface area contributed by atoms with Crippen LogP contribution in [-0.4, -0.2) is 4.98 Å². The van der Waals surface area contributed by atoms with Gasteiger partial charge in [0.25, 0.3) is 0 Å². The molecule has 0 unspecified atom stereocenters. The summed E-state index contributed by atoms with van der Waals surface area (Å²) >= 11 is 7.67. The van der Waals surface area contributed by atoms with Crippen molar-refractivity contribution in [2.45, 2.75) is 0 Å². The largest absolute Gasteiger partial charge is 0.375 e. The van der Waals surface area contributed by atoms with Crippen molar-refractivity contribution >= 4 is 38.8 Å². The second kappa shape index (κ2) is 4.02. The van der Waals surface area contributed by atoms with Crippen molar-refractivity contribution in [1.29, 1.82) is 0 Å². The van der Waals surface area contributed by atoms with E-state index in [0.717, 1.165) is 26.2 Å². The van der Waals surface area contributed by atoms with E-state index in [1.165, 1.54) is 11.3 Å². The molecule has 0 aliphatic carbocycles. The fourth-order valence-corrected chi connectivity index (χ4v) is 2.84. The molecule has 0 saturated carbocycles. The smallest absolute Gasteiger partial charge is 0.180 e. The third-order valence-corrected chi connectivity index (χ3v) is 3.85. The first-order valence-electron chi connectivity index (χ1n) is 5.14. The van der Waals surface area contributed by atoms with Crippen LogP contribution in [0.25, 0.3) is 21.2 Å². The Morgan fingerprint density at radius 3 is 2.53 bits per heavy atom. The Morgan fingerprint density at radius 2 is 1.82 bits per heavy atom. The highest BCUT2D eigenvalue weighted by Gasteiger charge is 2.08. The number of halogens is 1. The van der Waals surface area contributed by atoms with E-state index < -0.39 is 0 Å². The maximum Gasteiger partial charge on any atom is 0.180 e. The monoisotopic (exact) mass is 260 g/mol. The Bertz CT molecular complexity index is 691. The highest BCUT2D eigenvalue weighted by Crippen LogP contribution is 2.35. The summed E-state index contributed by atoms with van der Waals surface area (Å²) in [7, 11) is 0. The van der Waals surface area contributed by atoms with Crippen LogP contribution in [0, 0.1) is 0 Å². The molecule has 1 aromatic heterocycles. The van der Waals surface area contributed by atoms with E-state index in [0.29, 0.717) is 5.13 Å². The minimum atomic E-state index is 0.582. The van der Waals surface area contributed by atoms with Gasteiger partial charge in [0.1, 0.15) is 0 Å². The van der Waals surface area contributed by atoms with Crippen LogP contribution < -0.4 is 5.73 Å². The number of hydrogen-bond acceptors (Lipinski definition) is 3.